The maximum absolute atomic E-state index is 11.9. The molecule has 51 heavy (non-hydrogen) atoms. The molecule has 8 nitrogen and oxygen atoms in total. The number of carboxylic acids is 1. The van der Waals surface area contributed by atoms with Crippen molar-refractivity contribution in [2.45, 2.75) is 59.8 Å². The van der Waals surface area contributed by atoms with Crippen LogP contribution in [0.4, 0.5) is 0 Å². The number of aromatic nitrogens is 1. The summed E-state index contributed by atoms with van der Waals surface area (Å²) in [6.07, 6.45) is 3.53. The molecule has 4 N–H and O–H groups in total. The SMILES string of the molecule is Cc1c(COc2cc(OCc3cncc(C#N)c3)c(CC[C@@](C)(CO)C(=O)O)cc2Cl)cccc1-c1cccc(-c2cccc([C@@H](C)N)c2)c1C. The third kappa shape index (κ3) is 8.58. The number of aryl methyl sites for hydroxylation is 1. The van der Waals surface area contributed by atoms with Gasteiger partial charge in [0.2, 0.25) is 0 Å². The van der Waals surface area contributed by atoms with Crippen molar-refractivity contribution in [1.29, 1.82) is 5.26 Å². The number of aliphatic hydroxyl groups excluding tert-OH is 1. The molecule has 5 rings (SSSR count). The summed E-state index contributed by atoms with van der Waals surface area (Å²) in [4.78, 5) is 16.0. The Bertz CT molecular complexity index is 2090. The highest BCUT2D eigenvalue weighted by atomic mass is 35.5. The lowest BCUT2D eigenvalue weighted by atomic mass is 9.85. The fourth-order valence-electron chi connectivity index (χ4n) is 5.99. The Morgan fingerprint density at radius 2 is 1.61 bits per heavy atom. The van der Waals surface area contributed by atoms with E-state index >= 15 is 0 Å². The van der Waals surface area contributed by atoms with E-state index in [4.69, 9.17) is 26.8 Å². The van der Waals surface area contributed by atoms with Crippen molar-refractivity contribution in [2.75, 3.05) is 6.61 Å². The number of nitriles is 1. The monoisotopic (exact) mass is 703 g/mol. The fraction of sp³-hybridized carbons (Fsp3) is 0.262. The minimum Gasteiger partial charge on any atom is -0.488 e. The molecule has 2 atom stereocenters. The topological polar surface area (TPSA) is 139 Å². The van der Waals surface area contributed by atoms with Crippen molar-refractivity contribution in [3.05, 3.63) is 135 Å². The smallest absolute Gasteiger partial charge is 0.311 e. The average Bonchev–Trinajstić information content (AvgIpc) is 3.13. The third-order valence-electron chi connectivity index (χ3n) is 9.42. The number of nitrogens with zero attached hydrogens (tertiary/aromatic N) is 2. The fourth-order valence-corrected chi connectivity index (χ4v) is 6.23. The van der Waals surface area contributed by atoms with E-state index in [0.29, 0.717) is 33.2 Å². The van der Waals surface area contributed by atoms with Gasteiger partial charge in [0.05, 0.1) is 22.6 Å². The first-order chi connectivity index (χ1) is 24.4. The van der Waals surface area contributed by atoms with E-state index in [9.17, 15) is 20.3 Å². The van der Waals surface area contributed by atoms with Crippen LogP contribution in [-0.2, 0) is 24.4 Å². The van der Waals surface area contributed by atoms with Crippen LogP contribution in [-0.4, -0.2) is 27.8 Å². The first kappa shape index (κ1) is 37.1. The van der Waals surface area contributed by atoms with Gasteiger partial charge < -0.3 is 25.4 Å². The van der Waals surface area contributed by atoms with Crippen molar-refractivity contribution < 1.29 is 24.5 Å². The predicted molar refractivity (Wildman–Crippen MR) is 200 cm³/mol. The Labute approximate surface area is 304 Å². The molecule has 0 bridgehead atoms. The van der Waals surface area contributed by atoms with E-state index in [2.05, 4.69) is 61.3 Å². The Balaban J connectivity index is 1.42. The molecule has 1 aromatic heterocycles. The molecule has 0 aliphatic rings. The van der Waals surface area contributed by atoms with Crippen LogP contribution in [0.15, 0.2) is 91.3 Å². The van der Waals surface area contributed by atoms with Gasteiger partial charge in [0.15, 0.2) is 0 Å². The second kappa shape index (κ2) is 16.2. The van der Waals surface area contributed by atoms with Gasteiger partial charge >= 0.3 is 5.97 Å². The molecule has 262 valence electrons. The van der Waals surface area contributed by atoms with Crippen LogP contribution in [0.3, 0.4) is 0 Å². The molecule has 9 heteroatoms. The van der Waals surface area contributed by atoms with Gasteiger partial charge in [-0.1, -0.05) is 66.2 Å². The van der Waals surface area contributed by atoms with Gasteiger partial charge in [-0.25, -0.2) is 0 Å². The average molecular weight is 704 g/mol. The summed E-state index contributed by atoms with van der Waals surface area (Å²) in [6, 6.07) is 28.0. The van der Waals surface area contributed by atoms with E-state index < -0.39 is 18.0 Å². The van der Waals surface area contributed by atoms with E-state index in [-0.39, 0.29) is 32.1 Å². The van der Waals surface area contributed by atoms with Crippen molar-refractivity contribution in [3.63, 3.8) is 0 Å². The van der Waals surface area contributed by atoms with Crippen LogP contribution < -0.4 is 15.2 Å². The van der Waals surface area contributed by atoms with Crippen molar-refractivity contribution >= 4 is 17.6 Å². The zero-order valence-corrected chi connectivity index (χ0v) is 30.0. The molecule has 0 aliphatic heterocycles. The van der Waals surface area contributed by atoms with E-state index in [1.807, 2.05) is 31.2 Å². The van der Waals surface area contributed by atoms with Gasteiger partial charge in [-0.05, 0) is 109 Å². The second-order valence-electron chi connectivity index (χ2n) is 13.2. The molecule has 0 saturated carbocycles. The molecule has 0 amide bonds. The summed E-state index contributed by atoms with van der Waals surface area (Å²) in [5.74, 6) is -0.235. The lowest BCUT2D eigenvalue weighted by Gasteiger charge is -2.23. The molecular formula is C42H42ClN3O5. The number of nitrogens with two attached hydrogens (primary N) is 1. The highest BCUT2D eigenvalue weighted by molar-refractivity contribution is 6.32. The Morgan fingerprint density at radius 1 is 0.922 bits per heavy atom. The highest BCUT2D eigenvalue weighted by Crippen LogP contribution is 2.38. The number of ether oxygens (including phenoxy) is 2. The number of benzene rings is 4. The van der Waals surface area contributed by atoms with Crippen LogP contribution in [0.2, 0.25) is 5.02 Å². The van der Waals surface area contributed by atoms with E-state index in [1.54, 1.807) is 24.4 Å². The van der Waals surface area contributed by atoms with Gasteiger partial charge in [0.25, 0.3) is 0 Å². The number of rotatable bonds is 14. The van der Waals surface area contributed by atoms with Gasteiger partial charge in [-0.2, -0.15) is 5.26 Å². The van der Waals surface area contributed by atoms with Gasteiger partial charge in [0, 0.05) is 30.1 Å². The van der Waals surface area contributed by atoms with Gasteiger partial charge in [-0.3, -0.25) is 9.78 Å². The Morgan fingerprint density at radius 3 is 2.31 bits per heavy atom. The molecule has 4 aromatic carbocycles. The Hall–Kier alpha value is -5.20. The number of carboxylic acid groups (broad SMARTS) is 1. The van der Waals surface area contributed by atoms with Crippen molar-refractivity contribution in [3.8, 4) is 39.8 Å². The molecule has 0 spiro atoms. The number of carbonyl (C=O) groups is 1. The molecule has 0 radical (unpaired) electrons. The number of pyridine rings is 1. The largest absolute Gasteiger partial charge is 0.488 e. The minimum atomic E-state index is -1.34. The van der Waals surface area contributed by atoms with Gasteiger partial charge in [-0.15, -0.1) is 0 Å². The summed E-state index contributed by atoms with van der Waals surface area (Å²) in [7, 11) is 0. The minimum absolute atomic E-state index is 0.0579. The van der Waals surface area contributed by atoms with Crippen molar-refractivity contribution in [1.82, 2.24) is 4.98 Å². The first-order valence-electron chi connectivity index (χ1n) is 16.7. The highest BCUT2D eigenvalue weighted by Gasteiger charge is 2.32. The predicted octanol–water partition coefficient (Wildman–Crippen LogP) is 8.75. The van der Waals surface area contributed by atoms with Crippen LogP contribution in [0.25, 0.3) is 22.3 Å². The molecule has 5 aromatic rings. The zero-order chi connectivity index (χ0) is 36.7. The van der Waals surface area contributed by atoms with Crippen LogP contribution in [0.5, 0.6) is 11.5 Å². The maximum Gasteiger partial charge on any atom is 0.311 e. The number of halogens is 1. The summed E-state index contributed by atoms with van der Waals surface area (Å²) < 4.78 is 12.5. The number of aliphatic hydroxyl groups is 1. The van der Waals surface area contributed by atoms with Crippen LogP contribution in [0.1, 0.15) is 65.3 Å². The second-order valence-corrected chi connectivity index (χ2v) is 13.6. The summed E-state index contributed by atoms with van der Waals surface area (Å²) in [5.41, 5.74) is 15.4. The molecule has 0 unspecified atom stereocenters. The normalized spacial score (nSPS) is 12.8. The Kier molecular flexibility index (Phi) is 11.8. The number of aliphatic carboxylic acids is 1. The zero-order valence-electron chi connectivity index (χ0n) is 29.2. The third-order valence-corrected chi connectivity index (χ3v) is 9.72. The molecule has 0 fully saturated rings. The van der Waals surface area contributed by atoms with Crippen molar-refractivity contribution in [2.24, 2.45) is 11.1 Å². The quantitative estimate of drug-likeness (QED) is 0.104. The lowest BCUT2D eigenvalue weighted by molar-refractivity contribution is -0.150. The molecule has 0 saturated heterocycles. The summed E-state index contributed by atoms with van der Waals surface area (Å²) >= 11 is 6.76. The molecule has 0 aliphatic carbocycles. The number of hydrogen-bond donors (Lipinski definition) is 3. The van der Waals surface area contributed by atoms with Gasteiger partial charge in [0.1, 0.15) is 30.8 Å². The lowest BCUT2D eigenvalue weighted by Crippen LogP contribution is -2.32. The number of hydrogen-bond acceptors (Lipinski definition) is 7. The van der Waals surface area contributed by atoms with E-state index in [1.165, 1.54) is 13.1 Å². The van der Waals surface area contributed by atoms with Crippen LogP contribution in [0, 0.1) is 30.6 Å². The molecular weight excluding hydrogens is 662 g/mol. The standard InChI is InChI=1S/C42H42ClN3O5/c1-26-34(10-6-12-36(26)37-13-7-11-35(27(37)2)32-9-5-8-31(17-32)28(3)45)24-51-40-19-39(50-23-30-16-29(20-44)21-46-22-30)33(18-38(40)43)14-15-42(4,25-47)41(48)49/h5-13,16-19,21-22,28,47H,14-15,23-25,45H2,1-4H3,(H,48,49)/t28-,42+/m1/s1. The summed E-state index contributed by atoms with van der Waals surface area (Å²) in [6.45, 7) is 7.55. The van der Waals surface area contributed by atoms with Crippen LogP contribution >= 0.6 is 11.6 Å². The maximum atomic E-state index is 11.9. The van der Waals surface area contributed by atoms with E-state index in [0.717, 1.165) is 44.5 Å². The first-order valence-corrected chi connectivity index (χ1v) is 17.1. The summed E-state index contributed by atoms with van der Waals surface area (Å²) in [5, 5.41) is 29.2. The molecule has 1 heterocycles.